The lowest BCUT2D eigenvalue weighted by Crippen LogP contribution is -2.54. The van der Waals surface area contributed by atoms with E-state index in [9.17, 15) is 22.8 Å². The minimum atomic E-state index is -4.50. The lowest BCUT2D eigenvalue weighted by molar-refractivity contribution is -0.137. The number of carbonyl (C=O) groups is 2. The molecule has 0 bridgehead atoms. The van der Waals surface area contributed by atoms with Gasteiger partial charge in [0.2, 0.25) is 11.8 Å². The summed E-state index contributed by atoms with van der Waals surface area (Å²) >= 11 is 0. The quantitative estimate of drug-likeness (QED) is 0.543. The number of likely N-dealkylation sites (tertiary alicyclic amines) is 1. The maximum Gasteiger partial charge on any atom is 0.416 e. The van der Waals surface area contributed by atoms with E-state index in [1.54, 1.807) is 19.1 Å². The molecule has 2 heterocycles. The Hall–Kier alpha value is -3.14. The van der Waals surface area contributed by atoms with Crippen molar-refractivity contribution in [1.82, 2.24) is 20.5 Å². The molecule has 3 rings (SSSR count). The molecule has 2 atom stereocenters. The fourth-order valence-corrected chi connectivity index (χ4v) is 3.94. The van der Waals surface area contributed by atoms with Gasteiger partial charge < -0.3 is 16.4 Å². The molecule has 184 valence electrons. The molecule has 1 saturated heterocycles. The third kappa shape index (κ3) is 7.18. The fourth-order valence-electron chi connectivity index (χ4n) is 3.94. The number of anilines is 1. The second-order valence-corrected chi connectivity index (χ2v) is 8.55. The maximum atomic E-state index is 13.2. The van der Waals surface area contributed by atoms with Gasteiger partial charge in [-0.05, 0) is 56.1 Å². The Morgan fingerprint density at radius 1 is 1.09 bits per heavy atom. The Morgan fingerprint density at radius 2 is 1.82 bits per heavy atom. The number of amides is 2. The van der Waals surface area contributed by atoms with Gasteiger partial charge in [-0.3, -0.25) is 14.5 Å². The second kappa shape index (κ2) is 11.3. The van der Waals surface area contributed by atoms with E-state index in [2.05, 4.69) is 20.5 Å². The van der Waals surface area contributed by atoms with Crippen LogP contribution in [0.25, 0.3) is 0 Å². The van der Waals surface area contributed by atoms with Gasteiger partial charge in [0.05, 0.1) is 11.6 Å². The van der Waals surface area contributed by atoms with Crippen LogP contribution in [0, 0.1) is 0 Å². The third-order valence-corrected chi connectivity index (χ3v) is 5.96. The van der Waals surface area contributed by atoms with Crippen LogP contribution in [0.15, 0.2) is 42.6 Å². The highest BCUT2D eigenvalue weighted by atomic mass is 19.4. The number of alkyl halides is 3. The molecule has 1 aromatic heterocycles. The monoisotopic (exact) mass is 477 g/mol. The van der Waals surface area contributed by atoms with E-state index < -0.39 is 29.7 Å². The van der Waals surface area contributed by atoms with Gasteiger partial charge in [0.15, 0.2) is 0 Å². The van der Waals surface area contributed by atoms with Crippen molar-refractivity contribution in [3.05, 3.63) is 59.3 Å². The first-order valence-electron chi connectivity index (χ1n) is 11.3. The summed E-state index contributed by atoms with van der Waals surface area (Å²) in [7, 11) is 0. The van der Waals surface area contributed by atoms with Crippen LogP contribution in [0.3, 0.4) is 0 Å². The molecule has 0 aliphatic carbocycles. The van der Waals surface area contributed by atoms with Crippen molar-refractivity contribution in [2.45, 2.75) is 57.4 Å². The molecular formula is C24H30F3N5O2. The Bertz CT molecular complexity index is 975. The number of pyridine rings is 1. The number of nitrogens with two attached hydrogens (primary N) is 1. The Labute approximate surface area is 196 Å². The van der Waals surface area contributed by atoms with E-state index in [0.717, 1.165) is 44.5 Å². The molecule has 0 spiro atoms. The highest BCUT2D eigenvalue weighted by Gasteiger charge is 2.31. The van der Waals surface area contributed by atoms with Crippen LogP contribution < -0.4 is 16.4 Å². The highest BCUT2D eigenvalue weighted by Crippen LogP contribution is 2.29. The van der Waals surface area contributed by atoms with E-state index in [-0.39, 0.29) is 18.9 Å². The number of nitrogens with zero attached hydrogens (tertiary/aromatic N) is 2. The summed E-state index contributed by atoms with van der Waals surface area (Å²) in [5.41, 5.74) is 5.78. The maximum absolute atomic E-state index is 13.2. The summed E-state index contributed by atoms with van der Waals surface area (Å²) in [5.74, 6) is -0.479. The largest absolute Gasteiger partial charge is 0.416 e. The van der Waals surface area contributed by atoms with Crippen LogP contribution in [0.4, 0.5) is 19.0 Å². The van der Waals surface area contributed by atoms with Crippen molar-refractivity contribution >= 4 is 17.6 Å². The normalized spacial score (nSPS) is 16.5. The number of benzene rings is 1. The predicted molar refractivity (Wildman–Crippen MR) is 122 cm³/mol. The summed E-state index contributed by atoms with van der Waals surface area (Å²) in [5, 5.41) is 5.49. The lowest BCUT2D eigenvalue weighted by atomic mass is 10.0. The number of carbonyl (C=O) groups excluding carboxylic acids is 2. The van der Waals surface area contributed by atoms with Gasteiger partial charge in [-0.1, -0.05) is 30.7 Å². The van der Waals surface area contributed by atoms with E-state index in [1.807, 2.05) is 0 Å². The molecule has 1 fully saturated rings. The first-order valence-corrected chi connectivity index (χ1v) is 11.3. The molecule has 4 N–H and O–H groups in total. The number of piperidine rings is 1. The topological polar surface area (TPSA) is 100 Å². The number of rotatable bonds is 8. The van der Waals surface area contributed by atoms with Crippen molar-refractivity contribution in [1.29, 1.82) is 0 Å². The lowest BCUT2D eigenvalue weighted by Gasteiger charge is -2.32. The van der Waals surface area contributed by atoms with Gasteiger partial charge in [0.1, 0.15) is 11.9 Å². The second-order valence-electron chi connectivity index (χ2n) is 8.55. The SMILES string of the molecule is C[C@@H](C(=O)NC(Cc1cccc(C(F)(F)F)c1)C(=O)NCc1ccc(N)nc1)N1CCCCC1. The molecule has 7 nitrogen and oxygen atoms in total. The molecule has 1 aliphatic rings. The van der Waals surface area contributed by atoms with Crippen LogP contribution in [0.1, 0.15) is 42.9 Å². The zero-order valence-corrected chi connectivity index (χ0v) is 19.1. The summed E-state index contributed by atoms with van der Waals surface area (Å²) < 4.78 is 39.5. The summed E-state index contributed by atoms with van der Waals surface area (Å²) in [6.07, 6.45) is 0.0682. The molecular weight excluding hydrogens is 447 g/mol. The zero-order valence-electron chi connectivity index (χ0n) is 19.1. The Kier molecular flexibility index (Phi) is 8.49. The van der Waals surface area contributed by atoms with Crippen LogP contribution >= 0.6 is 0 Å². The summed E-state index contributed by atoms with van der Waals surface area (Å²) in [6.45, 7) is 3.51. The van der Waals surface area contributed by atoms with Crippen LogP contribution in [0.5, 0.6) is 0 Å². The number of nitrogens with one attached hydrogen (secondary N) is 2. The molecule has 34 heavy (non-hydrogen) atoms. The van der Waals surface area contributed by atoms with E-state index >= 15 is 0 Å². The van der Waals surface area contributed by atoms with Crippen LogP contribution in [-0.4, -0.2) is 46.9 Å². The number of hydrogen-bond donors (Lipinski definition) is 3. The fraction of sp³-hybridized carbons (Fsp3) is 0.458. The van der Waals surface area contributed by atoms with Crippen molar-refractivity contribution < 1.29 is 22.8 Å². The van der Waals surface area contributed by atoms with Crippen LogP contribution in [-0.2, 0) is 28.7 Å². The standard InChI is InChI=1S/C24H30F3N5O2/c1-16(32-10-3-2-4-11-32)22(33)31-20(13-17-6-5-7-19(12-17)24(25,26)27)23(34)30-15-18-8-9-21(28)29-14-18/h5-9,12,14,16,20H,2-4,10-11,13,15H2,1H3,(H2,28,29)(H,30,34)(H,31,33)/t16-,20?/m0/s1. The molecule has 0 radical (unpaired) electrons. The first kappa shape index (κ1) is 25.5. The molecule has 2 amide bonds. The smallest absolute Gasteiger partial charge is 0.384 e. The van der Waals surface area contributed by atoms with Gasteiger partial charge in [-0.15, -0.1) is 0 Å². The molecule has 1 aliphatic heterocycles. The van der Waals surface area contributed by atoms with Gasteiger partial charge in [-0.25, -0.2) is 4.98 Å². The predicted octanol–water partition coefficient (Wildman–Crippen LogP) is 2.90. The zero-order chi connectivity index (χ0) is 24.7. The van der Waals surface area contributed by atoms with Gasteiger partial charge in [0, 0.05) is 19.2 Å². The highest BCUT2D eigenvalue weighted by molar-refractivity contribution is 5.89. The third-order valence-electron chi connectivity index (χ3n) is 5.96. The van der Waals surface area contributed by atoms with Crippen molar-refractivity contribution in [2.24, 2.45) is 0 Å². The average Bonchev–Trinajstić information content (AvgIpc) is 2.82. The van der Waals surface area contributed by atoms with E-state index in [0.29, 0.717) is 16.9 Å². The number of aromatic nitrogens is 1. The molecule has 1 aromatic carbocycles. The molecule has 2 aromatic rings. The van der Waals surface area contributed by atoms with Crippen molar-refractivity contribution in [3.63, 3.8) is 0 Å². The van der Waals surface area contributed by atoms with Crippen molar-refractivity contribution in [3.8, 4) is 0 Å². The molecule has 1 unspecified atom stereocenters. The number of nitrogen functional groups attached to an aromatic ring is 1. The van der Waals surface area contributed by atoms with E-state index in [4.69, 9.17) is 5.73 Å². The first-order chi connectivity index (χ1) is 16.1. The summed E-state index contributed by atoms with van der Waals surface area (Å²) in [4.78, 5) is 32.0. The minimum Gasteiger partial charge on any atom is -0.384 e. The summed E-state index contributed by atoms with van der Waals surface area (Å²) in [6, 6.07) is 6.62. The number of halogens is 3. The van der Waals surface area contributed by atoms with Gasteiger partial charge in [-0.2, -0.15) is 13.2 Å². The molecule has 10 heteroatoms. The van der Waals surface area contributed by atoms with Gasteiger partial charge >= 0.3 is 6.18 Å². The van der Waals surface area contributed by atoms with E-state index in [1.165, 1.54) is 18.3 Å². The van der Waals surface area contributed by atoms with Crippen molar-refractivity contribution in [2.75, 3.05) is 18.8 Å². The Balaban J connectivity index is 1.73. The minimum absolute atomic E-state index is 0.0752. The average molecular weight is 478 g/mol. The van der Waals surface area contributed by atoms with Crippen LogP contribution in [0.2, 0.25) is 0 Å². The van der Waals surface area contributed by atoms with Gasteiger partial charge in [0.25, 0.3) is 0 Å². The molecule has 0 saturated carbocycles. The number of hydrogen-bond acceptors (Lipinski definition) is 5. The Morgan fingerprint density at radius 3 is 2.47 bits per heavy atom.